The van der Waals surface area contributed by atoms with E-state index in [1.807, 2.05) is 6.92 Å². The molecule has 0 aliphatic rings. The van der Waals surface area contributed by atoms with Crippen molar-refractivity contribution in [2.45, 2.75) is 155 Å². The number of amides is 2. The monoisotopic (exact) mass is 507 g/mol. The smallest absolute Gasteiger partial charge is 0.220 e. The molecule has 0 bridgehead atoms. The molecular formula is C28H53N5O3. The van der Waals surface area contributed by atoms with E-state index in [2.05, 4.69) is 27.6 Å². The van der Waals surface area contributed by atoms with Crippen LogP contribution < -0.4 is 10.6 Å². The van der Waals surface area contributed by atoms with Crippen molar-refractivity contribution in [2.24, 2.45) is 5.11 Å². The van der Waals surface area contributed by atoms with Crippen molar-refractivity contribution in [3.05, 3.63) is 10.4 Å². The van der Waals surface area contributed by atoms with Crippen molar-refractivity contribution in [1.29, 1.82) is 0 Å². The van der Waals surface area contributed by atoms with Crippen molar-refractivity contribution in [3.63, 3.8) is 0 Å². The maximum absolute atomic E-state index is 12.2. The summed E-state index contributed by atoms with van der Waals surface area (Å²) in [6.45, 7) is 6.03. The number of hydrogen-bond donors (Lipinski definition) is 2. The summed E-state index contributed by atoms with van der Waals surface area (Å²) in [5.41, 5.74) is 8.29. The molecule has 0 radical (unpaired) electrons. The van der Waals surface area contributed by atoms with Gasteiger partial charge in [0.25, 0.3) is 0 Å². The van der Waals surface area contributed by atoms with Gasteiger partial charge in [-0.2, -0.15) is 0 Å². The normalized spacial score (nSPS) is 12.4. The first-order valence-electron chi connectivity index (χ1n) is 14.5. The number of ketones is 1. The summed E-state index contributed by atoms with van der Waals surface area (Å²) in [6.07, 6.45) is 20.0. The number of nitrogens with one attached hydrogen (secondary N) is 2. The van der Waals surface area contributed by atoms with Gasteiger partial charge in [-0.1, -0.05) is 95.5 Å². The van der Waals surface area contributed by atoms with Gasteiger partial charge in [0.05, 0.1) is 6.04 Å². The molecule has 0 fully saturated rings. The quantitative estimate of drug-likeness (QED) is 0.0582. The van der Waals surface area contributed by atoms with Crippen LogP contribution in [0.5, 0.6) is 0 Å². The fourth-order valence-corrected chi connectivity index (χ4v) is 4.29. The Morgan fingerprint density at radius 1 is 0.722 bits per heavy atom. The van der Waals surface area contributed by atoms with Crippen LogP contribution in [0.15, 0.2) is 5.11 Å². The van der Waals surface area contributed by atoms with E-state index in [0.717, 1.165) is 12.8 Å². The number of nitrogens with zero attached hydrogens (tertiary/aromatic N) is 3. The van der Waals surface area contributed by atoms with E-state index in [4.69, 9.17) is 5.53 Å². The Hall–Kier alpha value is -2.08. The standard InChI is InChI=1S/C28H53N5O3/c1-4-5-6-7-8-9-10-11-12-13-14-15-16-20-27(35)31-24(2)21-22-28(36)32-26(25(3)34)19-17-18-23-30-33-29/h24,26H,4-23H2,1-3H3,(H,31,35)(H,32,36)/t24-,26?/m1/s1. The molecule has 36 heavy (non-hydrogen) atoms. The highest BCUT2D eigenvalue weighted by molar-refractivity contribution is 5.87. The summed E-state index contributed by atoms with van der Waals surface area (Å²) in [7, 11) is 0. The third-order valence-corrected chi connectivity index (χ3v) is 6.61. The van der Waals surface area contributed by atoms with Crippen molar-refractivity contribution >= 4 is 17.6 Å². The highest BCUT2D eigenvalue weighted by Gasteiger charge is 2.17. The van der Waals surface area contributed by atoms with Crippen LogP contribution in [0.3, 0.4) is 0 Å². The lowest BCUT2D eigenvalue weighted by molar-refractivity contribution is -0.127. The highest BCUT2D eigenvalue weighted by atomic mass is 16.2. The Balaban J connectivity index is 3.76. The van der Waals surface area contributed by atoms with Gasteiger partial charge in [0, 0.05) is 30.3 Å². The zero-order chi connectivity index (χ0) is 26.9. The average Bonchev–Trinajstić information content (AvgIpc) is 2.84. The lowest BCUT2D eigenvalue weighted by Crippen LogP contribution is -2.40. The minimum absolute atomic E-state index is 0.0487. The number of hydrogen-bond acceptors (Lipinski definition) is 4. The molecule has 1 unspecified atom stereocenters. The molecule has 0 heterocycles. The molecule has 0 aromatic rings. The molecule has 0 spiro atoms. The average molecular weight is 508 g/mol. The number of unbranched alkanes of at least 4 members (excludes halogenated alkanes) is 13. The van der Waals surface area contributed by atoms with E-state index in [-0.39, 0.29) is 30.1 Å². The number of Topliss-reactive ketones (excluding diaryl/α,β-unsaturated/α-hetero) is 1. The Bertz CT molecular complexity index is 635. The van der Waals surface area contributed by atoms with Gasteiger partial charge in [-0.25, -0.2) is 0 Å². The van der Waals surface area contributed by atoms with Crippen LogP contribution in [0.1, 0.15) is 143 Å². The lowest BCUT2D eigenvalue weighted by atomic mass is 10.0. The second kappa shape index (κ2) is 24.6. The number of carbonyl (C=O) groups excluding carboxylic acids is 3. The second-order valence-electron chi connectivity index (χ2n) is 10.2. The van der Waals surface area contributed by atoms with Gasteiger partial charge in [-0.3, -0.25) is 14.4 Å². The molecule has 208 valence electrons. The summed E-state index contributed by atoms with van der Waals surface area (Å²) in [6, 6.07) is -0.589. The molecule has 8 nitrogen and oxygen atoms in total. The lowest BCUT2D eigenvalue weighted by Gasteiger charge is -2.17. The summed E-state index contributed by atoms with van der Waals surface area (Å²) in [4.78, 5) is 38.9. The molecule has 2 atom stereocenters. The zero-order valence-electron chi connectivity index (χ0n) is 23.4. The highest BCUT2D eigenvalue weighted by Crippen LogP contribution is 2.13. The van der Waals surface area contributed by atoms with Gasteiger partial charge in [0.1, 0.15) is 0 Å². The van der Waals surface area contributed by atoms with Crippen LogP contribution in [0.25, 0.3) is 10.4 Å². The fourth-order valence-electron chi connectivity index (χ4n) is 4.29. The maximum atomic E-state index is 12.2. The molecule has 2 amide bonds. The third-order valence-electron chi connectivity index (χ3n) is 6.61. The molecular weight excluding hydrogens is 454 g/mol. The van der Waals surface area contributed by atoms with Gasteiger partial charge < -0.3 is 10.6 Å². The summed E-state index contributed by atoms with van der Waals surface area (Å²) in [5.74, 6) is -0.207. The third kappa shape index (κ3) is 22.4. The number of carbonyl (C=O) groups is 3. The van der Waals surface area contributed by atoms with E-state index in [9.17, 15) is 14.4 Å². The van der Waals surface area contributed by atoms with Crippen molar-refractivity contribution in [1.82, 2.24) is 10.6 Å². The summed E-state index contributed by atoms with van der Waals surface area (Å²) in [5, 5.41) is 9.25. The first-order chi connectivity index (χ1) is 17.4. The Labute approximate surface area is 219 Å². The second-order valence-corrected chi connectivity index (χ2v) is 10.2. The van der Waals surface area contributed by atoms with Gasteiger partial charge in [0.2, 0.25) is 11.8 Å². The SMILES string of the molecule is CCCCCCCCCCCCCCCC(=O)N[C@H](C)CCC(=O)NC(CCCCN=[N+]=[N-])C(C)=O. The van der Waals surface area contributed by atoms with Gasteiger partial charge >= 0.3 is 0 Å². The van der Waals surface area contributed by atoms with Gasteiger partial charge in [-0.15, -0.1) is 0 Å². The van der Waals surface area contributed by atoms with Crippen LogP contribution in [0.2, 0.25) is 0 Å². The maximum Gasteiger partial charge on any atom is 0.220 e. The van der Waals surface area contributed by atoms with Crippen molar-refractivity contribution < 1.29 is 14.4 Å². The van der Waals surface area contributed by atoms with Crippen LogP contribution in [-0.4, -0.2) is 36.2 Å². The van der Waals surface area contributed by atoms with E-state index < -0.39 is 6.04 Å². The zero-order valence-corrected chi connectivity index (χ0v) is 23.4. The van der Waals surface area contributed by atoms with Crippen molar-refractivity contribution in [3.8, 4) is 0 Å². The molecule has 0 aliphatic carbocycles. The predicted octanol–water partition coefficient (Wildman–Crippen LogP) is 7.31. The minimum Gasteiger partial charge on any atom is -0.354 e. The Morgan fingerprint density at radius 2 is 1.25 bits per heavy atom. The Morgan fingerprint density at radius 3 is 1.78 bits per heavy atom. The fraction of sp³-hybridized carbons (Fsp3) is 0.893. The van der Waals surface area contributed by atoms with E-state index in [0.29, 0.717) is 38.6 Å². The van der Waals surface area contributed by atoms with Crippen LogP contribution in [0, 0.1) is 0 Å². The van der Waals surface area contributed by atoms with E-state index in [1.165, 1.54) is 77.6 Å². The minimum atomic E-state index is -0.510. The molecule has 0 aromatic carbocycles. The van der Waals surface area contributed by atoms with Crippen LogP contribution in [-0.2, 0) is 14.4 Å². The van der Waals surface area contributed by atoms with Crippen LogP contribution >= 0.6 is 0 Å². The van der Waals surface area contributed by atoms with Crippen molar-refractivity contribution in [2.75, 3.05) is 6.54 Å². The number of azide groups is 1. The Kier molecular flexibility index (Phi) is 23.2. The molecule has 0 rings (SSSR count). The molecule has 2 N–H and O–H groups in total. The van der Waals surface area contributed by atoms with Gasteiger partial charge in [-0.05, 0) is 45.1 Å². The van der Waals surface area contributed by atoms with Crippen LogP contribution in [0.4, 0.5) is 0 Å². The largest absolute Gasteiger partial charge is 0.354 e. The molecule has 0 saturated heterocycles. The predicted molar refractivity (Wildman–Crippen MR) is 148 cm³/mol. The number of rotatable bonds is 25. The first-order valence-corrected chi connectivity index (χ1v) is 14.5. The first kappa shape index (κ1) is 33.9. The summed E-state index contributed by atoms with van der Waals surface area (Å²) >= 11 is 0. The topological polar surface area (TPSA) is 124 Å². The van der Waals surface area contributed by atoms with E-state index in [1.54, 1.807) is 0 Å². The molecule has 0 aliphatic heterocycles. The molecule has 8 heteroatoms. The van der Waals surface area contributed by atoms with Gasteiger partial charge in [0.15, 0.2) is 5.78 Å². The molecule has 0 saturated carbocycles. The summed E-state index contributed by atoms with van der Waals surface area (Å²) < 4.78 is 0. The molecule has 0 aromatic heterocycles. The van der Waals surface area contributed by atoms with E-state index >= 15 is 0 Å².